The summed E-state index contributed by atoms with van der Waals surface area (Å²) in [6.45, 7) is 7.68. The fourth-order valence-electron chi connectivity index (χ4n) is 5.28. The summed E-state index contributed by atoms with van der Waals surface area (Å²) in [6.07, 6.45) is 9.09. The second-order valence-corrected chi connectivity index (χ2v) is 9.79. The second kappa shape index (κ2) is 9.60. The minimum atomic E-state index is -0.380. The molecule has 170 valence electrons. The molecular weight excluding hydrogens is 388 g/mol. The van der Waals surface area contributed by atoms with E-state index in [1.807, 2.05) is 29.2 Å². The molecule has 6 nitrogen and oxygen atoms in total. The average molecular weight is 427 g/mol. The van der Waals surface area contributed by atoms with Crippen molar-refractivity contribution in [2.75, 3.05) is 31.6 Å². The molecule has 3 aliphatic rings. The SMILES string of the molecule is COc1cccc(N2C(=O)NC(=NC3CCCCC3)C23CCN(CCC(C)C)CC3)c1. The fraction of sp³-hybridized carbons (Fsp3) is 0.680. The molecule has 3 fully saturated rings. The van der Waals surface area contributed by atoms with E-state index in [0.29, 0.717) is 12.0 Å². The molecule has 0 atom stereocenters. The van der Waals surface area contributed by atoms with E-state index >= 15 is 0 Å². The van der Waals surface area contributed by atoms with Crippen LogP contribution in [0.2, 0.25) is 0 Å². The number of carbonyl (C=O) groups excluding carboxylic acids is 1. The van der Waals surface area contributed by atoms with E-state index in [-0.39, 0.29) is 11.6 Å². The van der Waals surface area contributed by atoms with Gasteiger partial charge in [-0.05, 0) is 56.7 Å². The third-order valence-electron chi connectivity index (χ3n) is 7.20. The Morgan fingerprint density at radius 3 is 2.61 bits per heavy atom. The Balaban J connectivity index is 1.63. The van der Waals surface area contributed by atoms with Crippen LogP contribution in [0.1, 0.15) is 65.2 Å². The molecule has 2 amide bonds. The monoisotopic (exact) mass is 426 g/mol. The predicted molar refractivity (Wildman–Crippen MR) is 126 cm³/mol. The molecule has 2 saturated heterocycles. The number of amidine groups is 1. The van der Waals surface area contributed by atoms with E-state index < -0.39 is 0 Å². The maximum Gasteiger partial charge on any atom is 0.328 e. The van der Waals surface area contributed by atoms with E-state index in [0.717, 1.165) is 62.6 Å². The van der Waals surface area contributed by atoms with Crippen molar-refractivity contribution in [1.29, 1.82) is 0 Å². The number of piperidine rings is 1. The normalized spacial score (nSPS) is 23.7. The summed E-state index contributed by atoms with van der Waals surface area (Å²) in [5.74, 6) is 2.38. The Labute approximate surface area is 187 Å². The minimum absolute atomic E-state index is 0.0570. The van der Waals surface area contributed by atoms with Gasteiger partial charge in [0, 0.05) is 19.2 Å². The van der Waals surface area contributed by atoms with Crippen molar-refractivity contribution in [3.8, 4) is 5.75 Å². The lowest BCUT2D eigenvalue weighted by atomic mass is 9.84. The van der Waals surface area contributed by atoms with Gasteiger partial charge in [0.15, 0.2) is 0 Å². The summed E-state index contributed by atoms with van der Waals surface area (Å²) in [5, 5.41) is 3.19. The number of hydrogen-bond donors (Lipinski definition) is 1. The second-order valence-electron chi connectivity index (χ2n) is 9.79. The molecule has 31 heavy (non-hydrogen) atoms. The van der Waals surface area contributed by atoms with E-state index in [4.69, 9.17) is 9.73 Å². The Bertz CT molecular complexity index is 792. The van der Waals surface area contributed by atoms with E-state index in [1.165, 1.54) is 25.7 Å². The van der Waals surface area contributed by atoms with Crippen molar-refractivity contribution in [2.45, 2.75) is 76.8 Å². The number of nitrogens with zero attached hydrogens (tertiary/aromatic N) is 3. The van der Waals surface area contributed by atoms with Gasteiger partial charge in [-0.2, -0.15) is 0 Å². The first kappa shape index (κ1) is 22.1. The molecule has 6 heteroatoms. The lowest BCUT2D eigenvalue weighted by Crippen LogP contribution is -2.57. The number of hydrogen-bond acceptors (Lipinski definition) is 4. The molecule has 1 aromatic rings. The molecule has 2 aliphatic heterocycles. The molecule has 4 rings (SSSR count). The molecule has 0 radical (unpaired) electrons. The van der Waals surface area contributed by atoms with Gasteiger partial charge in [-0.15, -0.1) is 0 Å². The van der Waals surface area contributed by atoms with Crippen molar-refractivity contribution in [3.63, 3.8) is 0 Å². The number of carbonyl (C=O) groups is 1. The quantitative estimate of drug-likeness (QED) is 0.708. The molecule has 2 heterocycles. The van der Waals surface area contributed by atoms with Gasteiger partial charge in [0.1, 0.15) is 17.1 Å². The van der Waals surface area contributed by atoms with Gasteiger partial charge in [-0.1, -0.05) is 39.2 Å². The topological polar surface area (TPSA) is 57.2 Å². The summed E-state index contributed by atoms with van der Waals surface area (Å²) in [6, 6.07) is 8.15. The summed E-state index contributed by atoms with van der Waals surface area (Å²) >= 11 is 0. The van der Waals surface area contributed by atoms with Crippen LogP contribution in [0.3, 0.4) is 0 Å². The molecule has 0 aromatic heterocycles. The van der Waals surface area contributed by atoms with Gasteiger partial charge >= 0.3 is 6.03 Å². The standard InChI is InChI=1S/C25H38N4O2/c1-19(2)12-15-28-16-13-25(14-17-28)23(26-20-8-5-4-6-9-20)27-24(30)29(25)21-10-7-11-22(18-21)31-3/h7,10-11,18-20H,4-6,8-9,12-17H2,1-3H3,(H,26,27,30). The number of rotatable bonds is 6. The zero-order valence-electron chi connectivity index (χ0n) is 19.4. The van der Waals surface area contributed by atoms with E-state index in [9.17, 15) is 4.79 Å². The first-order valence-corrected chi connectivity index (χ1v) is 12.1. The molecule has 1 saturated carbocycles. The molecular formula is C25H38N4O2. The Hall–Kier alpha value is -2.08. The smallest absolute Gasteiger partial charge is 0.328 e. The molecule has 1 aliphatic carbocycles. The summed E-state index contributed by atoms with van der Waals surface area (Å²) < 4.78 is 5.45. The van der Waals surface area contributed by atoms with Crippen LogP contribution in [0.25, 0.3) is 0 Å². The fourth-order valence-corrected chi connectivity index (χ4v) is 5.28. The van der Waals surface area contributed by atoms with Crippen molar-refractivity contribution in [3.05, 3.63) is 24.3 Å². The van der Waals surface area contributed by atoms with Crippen LogP contribution in [-0.2, 0) is 0 Å². The minimum Gasteiger partial charge on any atom is -0.497 e. The summed E-state index contributed by atoms with van der Waals surface area (Å²) in [4.78, 5) is 23.0. The third kappa shape index (κ3) is 4.74. The molecule has 1 N–H and O–H groups in total. The first-order valence-electron chi connectivity index (χ1n) is 12.1. The molecule has 0 unspecified atom stereocenters. The molecule has 1 aromatic carbocycles. The zero-order valence-corrected chi connectivity index (χ0v) is 19.4. The van der Waals surface area contributed by atoms with Crippen molar-refractivity contribution in [1.82, 2.24) is 10.2 Å². The number of benzene rings is 1. The van der Waals surface area contributed by atoms with Gasteiger partial charge in [-0.25, -0.2) is 4.79 Å². The number of methoxy groups -OCH3 is 1. The zero-order chi connectivity index (χ0) is 21.8. The Morgan fingerprint density at radius 1 is 1.19 bits per heavy atom. The summed E-state index contributed by atoms with van der Waals surface area (Å²) in [5.41, 5.74) is 0.510. The maximum atomic E-state index is 13.3. The highest BCUT2D eigenvalue weighted by atomic mass is 16.5. The number of anilines is 1. The lowest BCUT2D eigenvalue weighted by Gasteiger charge is -2.44. The highest BCUT2D eigenvalue weighted by Gasteiger charge is 2.53. The van der Waals surface area contributed by atoms with Gasteiger partial charge in [0.25, 0.3) is 0 Å². The van der Waals surface area contributed by atoms with Crippen molar-refractivity contribution >= 4 is 17.6 Å². The van der Waals surface area contributed by atoms with Gasteiger partial charge in [-0.3, -0.25) is 15.2 Å². The number of nitrogens with one attached hydrogen (secondary N) is 1. The number of likely N-dealkylation sites (tertiary alicyclic amines) is 1. The predicted octanol–water partition coefficient (Wildman–Crippen LogP) is 4.84. The van der Waals surface area contributed by atoms with Crippen molar-refractivity contribution < 1.29 is 9.53 Å². The van der Waals surface area contributed by atoms with Crippen LogP contribution in [0.15, 0.2) is 29.3 Å². The number of amides is 2. The van der Waals surface area contributed by atoms with E-state index in [1.54, 1.807) is 7.11 Å². The highest BCUT2D eigenvalue weighted by Crippen LogP contribution is 2.39. The Morgan fingerprint density at radius 2 is 1.94 bits per heavy atom. The third-order valence-corrected chi connectivity index (χ3v) is 7.20. The van der Waals surface area contributed by atoms with Gasteiger partial charge < -0.3 is 9.64 Å². The van der Waals surface area contributed by atoms with Crippen LogP contribution >= 0.6 is 0 Å². The average Bonchev–Trinajstić information content (AvgIpc) is 3.04. The van der Waals surface area contributed by atoms with Crippen LogP contribution < -0.4 is 15.0 Å². The van der Waals surface area contributed by atoms with Crippen LogP contribution in [-0.4, -0.2) is 55.1 Å². The van der Waals surface area contributed by atoms with Gasteiger partial charge in [0.2, 0.25) is 0 Å². The number of ether oxygens (including phenoxy) is 1. The van der Waals surface area contributed by atoms with E-state index in [2.05, 4.69) is 24.1 Å². The van der Waals surface area contributed by atoms with Crippen LogP contribution in [0.4, 0.5) is 10.5 Å². The number of aliphatic imine (C=N–C) groups is 1. The molecule has 1 spiro atoms. The summed E-state index contributed by atoms with van der Waals surface area (Å²) in [7, 11) is 1.67. The first-order chi connectivity index (χ1) is 15.0. The maximum absolute atomic E-state index is 13.3. The number of urea groups is 1. The Kier molecular flexibility index (Phi) is 6.85. The van der Waals surface area contributed by atoms with Gasteiger partial charge in [0.05, 0.1) is 18.8 Å². The largest absolute Gasteiger partial charge is 0.497 e. The van der Waals surface area contributed by atoms with Crippen LogP contribution in [0, 0.1) is 5.92 Å². The highest BCUT2D eigenvalue weighted by molar-refractivity contribution is 6.19. The van der Waals surface area contributed by atoms with Crippen LogP contribution in [0.5, 0.6) is 5.75 Å². The lowest BCUT2D eigenvalue weighted by molar-refractivity contribution is 0.183. The van der Waals surface area contributed by atoms with Crippen molar-refractivity contribution in [2.24, 2.45) is 10.9 Å². The molecule has 0 bridgehead atoms.